The number of amides is 2. The second-order valence-electron chi connectivity index (χ2n) is 4.17. The smallest absolute Gasteiger partial charge is 0.327 e. The van der Waals surface area contributed by atoms with Gasteiger partial charge in [-0.3, -0.25) is 9.59 Å². The van der Waals surface area contributed by atoms with E-state index in [0.717, 1.165) is 5.56 Å². The Morgan fingerprint density at radius 2 is 1.90 bits per heavy atom. The molecule has 0 aliphatic carbocycles. The second-order valence-corrected chi connectivity index (χ2v) is 5.20. The first kappa shape index (κ1) is 16.0. The summed E-state index contributed by atoms with van der Waals surface area (Å²) in [6.07, 6.45) is 0. The van der Waals surface area contributed by atoms with Gasteiger partial charge in [-0.2, -0.15) is 11.8 Å². The molecular weight excluding hydrogens is 280 g/mol. The molecule has 7 heteroatoms. The molecule has 0 aliphatic heterocycles. The summed E-state index contributed by atoms with van der Waals surface area (Å²) in [5.74, 6) is -1.06. The predicted molar refractivity (Wildman–Crippen MR) is 76.4 cm³/mol. The van der Waals surface area contributed by atoms with Crippen molar-refractivity contribution in [2.24, 2.45) is 5.73 Å². The van der Waals surface area contributed by atoms with Crippen molar-refractivity contribution in [3.63, 3.8) is 0 Å². The highest BCUT2D eigenvalue weighted by molar-refractivity contribution is 7.98. The third-order valence-corrected chi connectivity index (χ3v) is 3.57. The van der Waals surface area contributed by atoms with Crippen molar-refractivity contribution in [2.75, 3.05) is 5.75 Å². The summed E-state index contributed by atoms with van der Waals surface area (Å²) in [6.45, 7) is 1.28. The Morgan fingerprint density at radius 1 is 1.30 bits per heavy atom. The third-order valence-electron chi connectivity index (χ3n) is 2.47. The van der Waals surface area contributed by atoms with Gasteiger partial charge in [0.05, 0.1) is 0 Å². The van der Waals surface area contributed by atoms with Gasteiger partial charge in [0.15, 0.2) is 0 Å². The van der Waals surface area contributed by atoms with Gasteiger partial charge in [0.1, 0.15) is 6.04 Å². The highest BCUT2D eigenvalue weighted by Gasteiger charge is 2.17. The second kappa shape index (κ2) is 7.54. The van der Waals surface area contributed by atoms with E-state index < -0.39 is 17.9 Å². The van der Waals surface area contributed by atoms with Gasteiger partial charge in [-0.15, -0.1) is 0 Å². The molecule has 0 saturated heterocycles. The van der Waals surface area contributed by atoms with Gasteiger partial charge in [-0.25, -0.2) is 4.79 Å². The van der Waals surface area contributed by atoms with Gasteiger partial charge < -0.3 is 16.2 Å². The quantitative estimate of drug-likeness (QED) is 0.683. The Morgan fingerprint density at radius 3 is 2.35 bits per heavy atom. The van der Waals surface area contributed by atoms with E-state index in [9.17, 15) is 14.4 Å². The number of carbonyl (C=O) groups is 3. The van der Waals surface area contributed by atoms with Crippen LogP contribution in [0, 0.1) is 0 Å². The molecule has 0 unspecified atom stereocenters. The zero-order valence-corrected chi connectivity index (χ0v) is 11.8. The number of nitrogens with two attached hydrogens (primary N) is 1. The SMILES string of the molecule is CC(=O)N[C@@H](CSCc1ccc(C(N)=O)cc1)C(=O)O. The molecule has 1 aromatic rings. The van der Waals surface area contributed by atoms with Crippen LogP contribution in [0.4, 0.5) is 0 Å². The van der Waals surface area contributed by atoms with E-state index in [0.29, 0.717) is 11.3 Å². The van der Waals surface area contributed by atoms with Crippen LogP contribution in [-0.2, 0) is 15.3 Å². The number of carboxylic acids is 1. The van der Waals surface area contributed by atoms with Gasteiger partial charge in [0, 0.05) is 24.0 Å². The van der Waals surface area contributed by atoms with E-state index in [4.69, 9.17) is 10.8 Å². The summed E-state index contributed by atoms with van der Waals surface area (Å²) in [6, 6.07) is 5.88. The maximum absolute atomic E-state index is 10.9. The van der Waals surface area contributed by atoms with Crippen LogP contribution in [0.1, 0.15) is 22.8 Å². The average Bonchev–Trinajstić information content (AvgIpc) is 2.37. The molecule has 1 rings (SSSR count). The number of carboxylic acid groups (broad SMARTS) is 1. The lowest BCUT2D eigenvalue weighted by molar-refractivity contribution is -0.140. The van der Waals surface area contributed by atoms with Crippen LogP contribution >= 0.6 is 11.8 Å². The molecule has 0 heterocycles. The predicted octanol–water partition coefficient (Wildman–Crippen LogP) is 0.608. The summed E-state index contributed by atoms with van der Waals surface area (Å²) in [4.78, 5) is 32.7. The van der Waals surface area contributed by atoms with Crippen LogP contribution in [-0.4, -0.2) is 34.7 Å². The fraction of sp³-hybridized carbons (Fsp3) is 0.308. The van der Waals surface area contributed by atoms with E-state index in [1.165, 1.54) is 18.7 Å². The average molecular weight is 296 g/mol. The Kier molecular flexibility index (Phi) is 6.05. The maximum atomic E-state index is 10.9. The molecule has 0 aromatic heterocycles. The topological polar surface area (TPSA) is 109 Å². The largest absolute Gasteiger partial charge is 0.480 e. The van der Waals surface area contributed by atoms with E-state index in [1.54, 1.807) is 24.3 Å². The van der Waals surface area contributed by atoms with Crippen LogP contribution in [0.25, 0.3) is 0 Å². The number of aliphatic carboxylic acids is 1. The van der Waals surface area contributed by atoms with E-state index in [1.807, 2.05) is 0 Å². The number of hydrogen-bond acceptors (Lipinski definition) is 4. The van der Waals surface area contributed by atoms with Gasteiger partial charge in [-0.05, 0) is 17.7 Å². The molecule has 1 atom stereocenters. The Hall–Kier alpha value is -2.02. The third kappa shape index (κ3) is 5.31. The van der Waals surface area contributed by atoms with Crippen molar-refractivity contribution in [1.29, 1.82) is 0 Å². The van der Waals surface area contributed by atoms with Crippen molar-refractivity contribution in [2.45, 2.75) is 18.7 Å². The Labute approximate surface area is 120 Å². The van der Waals surface area contributed by atoms with Gasteiger partial charge >= 0.3 is 5.97 Å². The van der Waals surface area contributed by atoms with E-state index in [2.05, 4.69) is 5.32 Å². The van der Waals surface area contributed by atoms with Crippen molar-refractivity contribution < 1.29 is 19.5 Å². The molecule has 0 radical (unpaired) electrons. The molecule has 0 bridgehead atoms. The minimum Gasteiger partial charge on any atom is -0.480 e. The van der Waals surface area contributed by atoms with Crippen molar-refractivity contribution >= 4 is 29.5 Å². The summed E-state index contributed by atoms with van der Waals surface area (Å²) in [5.41, 5.74) is 6.52. The number of benzene rings is 1. The number of carbonyl (C=O) groups excluding carboxylic acids is 2. The molecule has 0 spiro atoms. The normalized spacial score (nSPS) is 11.7. The monoisotopic (exact) mass is 296 g/mol. The molecule has 0 fully saturated rings. The molecule has 20 heavy (non-hydrogen) atoms. The van der Waals surface area contributed by atoms with Crippen molar-refractivity contribution in [3.05, 3.63) is 35.4 Å². The molecular formula is C13H16N2O4S. The molecule has 1 aromatic carbocycles. The number of rotatable bonds is 7. The summed E-state index contributed by atoms with van der Waals surface area (Å²) < 4.78 is 0. The van der Waals surface area contributed by atoms with Crippen molar-refractivity contribution in [3.8, 4) is 0 Å². The van der Waals surface area contributed by atoms with Crippen LogP contribution < -0.4 is 11.1 Å². The number of primary amides is 1. The lowest BCUT2D eigenvalue weighted by Gasteiger charge is -2.12. The highest BCUT2D eigenvalue weighted by atomic mass is 32.2. The molecule has 6 nitrogen and oxygen atoms in total. The molecule has 108 valence electrons. The van der Waals surface area contributed by atoms with Gasteiger partial charge in [0.25, 0.3) is 0 Å². The summed E-state index contributed by atoms with van der Waals surface area (Å²) >= 11 is 1.39. The number of thioether (sulfide) groups is 1. The summed E-state index contributed by atoms with van der Waals surface area (Å²) in [7, 11) is 0. The summed E-state index contributed by atoms with van der Waals surface area (Å²) in [5, 5.41) is 11.3. The standard InChI is InChI=1S/C13H16N2O4S/c1-8(16)15-11(13(18)19)7-20-6-9-2-4-10(5-3-9)12(14)17/h2-5,11H,6-7H2,1H3,(H2,14,17)(H,15,16)(H,18,19)/t11-/m0/s1. The van der Waals surface area contributed by atoms with Crippen LogP contribution in [0.3, 0.4) is 0 Å². The molecule has 0 saturated carbocycles. The van der Waals surface area contributed by atoms with Crippen LogP contribution in [0.15, 0.2) is 24.3 Å². The van der Waals surface area contributed by atoms with Gasteiger partial charge in [0.2, 0.25) is 11.8 Å². The first-order chi connectivity index (χ1) is 9.40. The Bertz CT molecular complexity index is 502. The Balaban J connectivity index is 2.48. The molecule has 0 aliphatic rings. The first-order valence-corrected chi connectivity index (χ1v) is 7.02. The van der Waals surface area contributed by atoms with Crippen LogP contribution in [0.2, 0.25) is 0 Å². The fourth-order valence-corrected chi connectivity index (χ4v) is 2.49. The highest BCUT2D eigenvalue weighted by Crippen LogP contribution is 2.14. The fourth-order valence-electron chi connectivity index (χ4n) is 1.48. The lowest BCUT2D eigenvalue weighted by Crippen LogP contribution is -2.41. The van der Waals surface area contributed by atoms with E-state index in [-0.39, 0.29) is 11.7 Å². The zero-order valence-electron chi connectivity index (χ0n) is 11.0. The first-order valence-electron chi connectivity index (χ1n) is 5.86. The lowest BCUT2D eigenvalue weighted by atomic mass is 10.1. The molecule has 4 N–H and O–H groups in total. The van der Waals surface area contributed by atoms with Crippen molar-refractivity contribution in [1.82, 2.24) is 5.32 Å². The van der Waals surface area contributed by atoms with E-state index >= 15 is 0 Å². The molecule has 2 amide bonds. The maximum Gasteiger partial charge on any atom is 0.327 e. The number of hydrogen-bond donors (Lipinski definition) is 3. The van der Waals surface area contributed by atoms with Gasteiger partial charge in [-0.1, -0.05) is 12.1 Å². The van der Waals surface area contributed by atoms with Crippen LogP contribution in [0.5, 0.6) is 0 Å². The zero-order chi connectivity index (χ0) is 15.1. The minimum absolute atomic E-state index is 0.270. The number of nitrogens with one attached hydrogen (secondary N) is 1. The minimum atomic E-state index is -1.06.